The first-order chi connectivity index (χ1) is 8.93. The maximum absolute atomic E-state index is 14.0. The molecule has 1 N–H and O–H groups in total. The molecule has 0 unspecified atom stereocenters. The summed E-state index contributed by atoms with van der Waals surface area (Å²) in [6.45, 7) is 5.38. The predicted molar refractivity (Wildman–Crippen MR) is 67.1 cm³/mol. The Morgan fingerprint density at radius 1 is 1.42 bits per heavy atom. The number of carboxylic acids is 1. The highest BCUT2D eigenvalue weighted by Gasteiger charge is 2.24. The van der Waals surface area contributed by atoms with E-state index in [1.54, 1.807) is 19.1 Å². The van der Waals surface area contributed by atoms with Gasteiger partial charge < -0.3 is 5.11 Å². The minimum absolute atomic E-state index is 0.139. The Bertz CT molecular complexity index is 615. The smallest absolute Gasteiger partial charge is 0.358 e. The molecule has 5 nitrogen and oxygen atoms in total. The van der Waals surface area contributed by atoms with Crippen molar-refractivity contribution in [1.29, 1.82) is 0 Å². The van der Waals surface area contributed by atoms with Crippen LogP contribution in [-0.2, 0) is 0 Å². The zero-order chi connectivity index (χ0) is 14.2. The number of para-hydroxylation sites is 1. The molecule has 0 atom stereocenters. The molecule has 1 heterocycles. The maximum atomic E-state index is 14.0. The summed E-state index contributed by atoms with van der Waals surface area (Å²) in [6, 6.07) is 4.65. The number of aromatic carboxylic acids is 1. The van der Waals surface area contributed by atoms with Gasteiger partial charge in [-0.05, 0) is 24.5 Å². The van der Waals surface area contributed by atoms with Crippen molar-refractivity contribution in [2.75, 3.05) is 0 Å². The molecule has 0 aliphatic carbocycles. The van der Waals surface area contributed by atoms with Gasteiger partial charge >= 0.3 is 5.97 Å². The van der Waals surface area contributed by atoms with Crippen molar-refractivity contribution in [2.45, 2.75) is 26.7 Å². The molecule has 19 heavy (non-hydrogen) atoms. The standard InChI is InChI=1S/C13H14FN3O2/c1-7(2)11-10(13(18)19)15-16-17(11)12-8(3)5-4-6-9(12)14/h4-7H,1-3H3,(H,18,19). The van der Waals surface area contributed by atoms with E-state index in [0.717, 1.165) is 0 Å². The highest BCUT2D eigenvalue weighted by atomic mass is 19.1. The van der Waals surface area contributed by atoms with Crippen molar-refractivity contribution in [3.8, 4) is 5.69 Å². The third-order valence-electron chi connectivity index (χ3n) is 2.85. The van der Waals surface area contributed by atoms with Gasteiger partial charge in [-0.2, -0.15) is 0 Å². The Hall–Kier alpha value is -2.24. The first kappa shape index (κ1) is 13.2. The molecule has 1 aromatic carbocycles. The van der Waals surface area contributed by atoms with E-state index >= 15 is 0 Å². The molecule has 0 radical (unpaired) electrons. The third kappa shape index (κ3) is 2.21. The highest BCUT2D eigenvalue weighted by molar-refractivity contribution is 5.86. The summed E-state index contributed by atoms with van der Waals surface area (Å²) in [6.07, 6.45) is 0. The number of carboxylic acid groups (broad SMARTS) is 1. The molecular formula is C13H14FN3O2. The number of aromatic nitrogens is 3. The van der Waals surface area contributed by atoms with E-state index in [1.807, 2.05) is 13.8 Å². The number of halogens is 1. The van der Waals surface area contributed by atoms with Crippen molar-refractivity contribution in [1.82, 2.24) is 15.0 Å². The van der Waals surface area contributed by atoms with Crippen LogP contribution < -0.4 is 0 Å². The normalized spacial score (nSPS) is 11.0. The van der Waals surface area contributed by atoms with Crippen LogP contribution >= 0.6 is 0 Å². The molecular weight excluding hydrogens is 249 g/mol. The molecule has 100 valence electrons. The topological polar surface area (TPSA) is 68.0 Å². The lowest BCUT2D eigenvalue weighted by molar-refractivity contribution is 0.0688. The van der Waals surface area contributed by atoms with Gasteiger partial charge in [-0.1, -0.05) is 31.2 Å². The Balaban J connectivity index is 2.73. The molecule has 1 aromatic heterocycles. The second-order valence-electron chi connectivity index (χ2n) is 4.60. The molecule has 0 fully saturated rings. The summed E-state index contributed by atoms with van der Waals surface area (Å²) in [4.78, 5) is 11.1. The molecule has 0 aliphatic rings. The first-order valence-electron chi connectivity index (χ1n) is 5.87. The molecule has 0 amide bonds. The van der Waals surface area contributed by atoms with E-state index in [0.29, 0.717) is 11.3 Å². The van der Waals surface area contributed by atoms with Gasteiger partial charge in [0.1, 0.15) is 11.5 Å². The number of nitrogens with zero attached hydrogens (tertiary/aromatic N) is 3. The number of aryl methyl sites for hydroxylation is 1. The Morgan fingerprint density at radius 3 is 2.63 bits per heavy atom. The van der Waals surface area contributed by atoms with Crippen LogP contribution in [0.15, 0.2) is 18.2 Å². The molecule has 0 aliphatic heterocycles. The van der Waals surface area contributed by atoms with E-state index in [9.17, 15) is 9.18 Å². The van der Waals surface area contributed by atoms with Gasteiger partial charge in [0, 0.05) is 0 Å². The van der Waals surface area contributed by atoms with Gasteiger partial charge in [0.15, 0.2) is 5.69 Å². The fraction of sp³-hybridized carbons (Fsp3) is 0.308. The summed E-state index contributed by atoms with van der Waals surface area (Å²) in [5, 5.41) is 16.5. The van der Waals surface area contributed by atoms with Gasteiger partial charge in [-0.3, -0.25) is 0 Å². The van der Waals surface area contributed by atoms with Crippen molar-refractivity contribution >= 4 is 5.97 Å². The monoisotopic (exact) mass is 263 g/mol. The Kier molecular flexibility index (Phi) is 3.33. The van der Waals surface area contributed by atoms with Crippen molar-refractivity contribution in [3.63, 3.8) is 0 Å². The van der Waals surface area contributed by atoms with Crippen LogP contribution in [0, 0.1) is 12.7 Å². The van der Waals surface area contributed by atoms with Gasteiger partial charge in [-0.25, -0.2) is 13.9 Å². The van der Waals surface area contributed by atoms with Crippen LogP contribution in [0.2, 0.25) is 0 Å². The van der Waals surface area contributed by atoms with E-state index in [-0.39, 0.29) is 17.3 Å². The van der Waals surface area contributed by atoms with Crippen molar-refractivity contribution in [3.05, 3.63) is 41.0 Å². The predicted octanol–water partition coefficient (Wildman–Crippen LogP) is 2.54. The number of rotatable bonds is 3. The summed E-state index contributed by atoms with van der Waals surface area (Å²) in [5.41, 5.74) is 1.16. The van der Waals surface area contributed by atoms with Crippen LogP contribution in [0.25, 0.3) is 5.69 Å². The zero-order valence-electron chi connectivity index (χ0n) is 10.9. The molecule has 2 rings (SSSR count). The quantitative estimate of drug-likeness (QED) is 0.924. The van der Waals surface area contributed by atoms with Gasteiger partial charge in [-0.15, -0.1) is 5.10 Å². The summed E-state index contributed by atoms with van der Waals surface area (Å²) in [7, 11) is 0. The lowest BCUT2D eigenvalue weighted by Crippen LogP contribution is -2.10. The lowest BCUT2D eigenvalue weighted by Gasteiger charge is -2.12. The van der Waals surface area contributed by atoms with Crippen LogP contribution in [0.4, 0.5) is 4.39 Å². The fourth-order valence-electron chi connectivity index (χ4n) is 2.02. The van der Waals surface area contributed by atoms with E-state index < -0.39 is 11.8 Å². The summed E-state index contributed by atoms with van der Waals surface area (Å²) in [5.74, 6) is -1.76. The Labute approximate surface area is 109 Å². The van der Waals surface area contributed by atoms with Crippen molar-refractivity contribution < 1.29 is 14.3 Å². The van der Waals surface area contributed by atoms with Crippen LogP contribution in [0.3, 0.4) is 0 Å². The maximum Gasteiger partial charge on any atom is 0.358 e. The minimum atomic E-state index is -1.16. The summed E-state index contributed by atoms with van der Waals surface area (Å²) < 4.78 is 15.2. The number of carbonyl (C=O) groups is 1. The number of benzene rings is 1. The third-order valence-corrected chi connectivity index (χ3v) is 2.85. The van der Waals surface area contributed by atoms with Gasteiger partial charge in [0.05, 0.1) is 5.69 Å². The fourth-order valence-corrected chi connectivity index (χ4v) is 2.02. The van der Waals surface area contributed by atoms with Gasteiger partial charge in [0.2, 0.25) is 0 Å². The van der Waals surface area contributed by atoms with Crippen LogP contribution in [0.5, 0.6) is 0 Å². The minimum Gasteiger partial charge on any atom is -0.476 e. The second kappa shape index (κ2) is 4.79. The van der Waals surface area contributed by atoms with Crippen LogP contribution in [0.1, 0.15) is 41.5 Å². The van der Waals surface area contributed by atoms with Crippen LogP contribution in [-0.4, -0.2) is 26.1 Å². The summed E-state index contributed by atoms with van der Waals surface area (Å²) >= 11 is 0. The number of hydrogen-bond donors (Lipinski definition) is 1. The molecule has 0 bridgehead atoms. The number of hydrogen-bond acceptors (Lipinski definition) is 3. The SMILES string of the molecule is Cc1cccc(F)c1-n1nnc(C(=O)O)c1C(C)C. The van der Waals surface area contributed by atoms with E-state index in [1.165, 1.54) is 10.7 Å². The molecule has 0 saturated carbocycles. The average Bonchev–Trinajstić information content (AvgIpc) is 2.73. The van der Waals surface area contributed by atoms with E-state index in [4.69, 9.17) is 5.11 Å². The molecule has 0 spiro atoms. The van der Waals surface area contributed by atoms with Gasteiger partial charge in [0.25, 0.3) is 0 Å². The van der Waals surface area contributed by atoms with Crippen molar-refractivity contribution in [2.24, 2.45) is 0 Å². The first-order valence-corrected chi connectivity index (χ1v) is 5.87. The Morgan fingerprint density at radius 2 is 2.11 bits per heavy atom. The zero-order valence-corrected chi connectivity index (χ0v) is 10.9. The average molecular weight is 263 g/mol. The largest absolute Gasteiger partial charge is 0.476 e. The molecule has 2 aromatic rings. The highest BCUT2D eigenvalue weighted by Crippen LogP contribution is 2.25. The lowest BCUT2D eigenvalue weighted by atomic mass is 10.1. The second-order valence-corrected chi connectivity index (χ2v) is 4.60. The van der Waals surface area contributed by atoms with E-state index in [2.05, 4.69) is 10.3 Å². The molecule has 6 heteroatoms. The molecule has 0 saturated heterocycles.